The van der Waals surface area contributed by atoms with E-state index in [1.165, 1.54) is 0 Å². The number of nitrogens with one attached hydrogen (secondary N) is 1. The summed E-state index contributed by atoms with van der Waals surface area (Å²) in [6, 6.07) is 12.3. The summed E-state index contributed by atoms with van der Waals surface area (Å²) in [6.07, 6.45) is 0. The van der Waals surface area contributed by atoms with Crippen LogP contribution in [0.15, 0.2) is 47.6 Å². The number of hydrogen-bond acceptors (Lipinski definition) is 4. The van der Waals surface area contributed by atoms with Crippen molar-refractivity contribution in [1.29, 1.82) is 0 Å². The summed E-state index contributed by atoms with van der Waals surface area (Å²) in [5.41, 5.74) is 1.72. The Morgan fingerprint density at radius 1 is 1.21 bits per heavy atom. The number of nitroso groups, excluding NO2 is 1. The Morgan fingerprint density at radius 2 is 1.95 bits per heavy atom. The third-order valence-corrected chi connectivity index (χ3v) is 2.74. The van der Waals surface area contributed by atoms with Gasteiger partial charge in [-0.25, -0.2) is 0 Å². The number of benzene rings is 2. The molecule has 0 bridgehead atoms. The Hall–Kier alpha value is -2.07. The van der Waals surface area contributed by atoms with E-state index in [1.54, 1.807) is 18.2 Å². The summed E-state index contributed by atoms with van der Waals surface area (Å²) in [7, 11) is 0. The van der Waals surface area contributed by atoms with E-state index < -0.39 is 0 Å². The molecule has 0 atom stereocenters. The maximum absolute atomic E-state index is 10.7. The van der Waals surface area contributed by atoms with Crippen LogP contribution in [0.5, 0.6) is 5.75 Å². The summed E-state index contributed by atoms with van der Waals surface area (Å²) in [6.45, 7) is 2.56. The fraction of sp³-hybridized carbons (Fsp3) is 0.143. The predicted octanol–water partition coefficient (Wildman–Crippen LogP) is 4.88. The maximum Gasteiger partial charge on any atom is 0.131 e. The van der Waals surface area contributed by atoms with Gasteiger partial charge in [-0.3, -0.25) is 0 Å². The second kappa shape index (κ2) is 6.20. The summed E-state index contributed by atoms with van der Waals surface area (Å²) < 4.78 is 5.36. The zero-order valence-corrected chi connectivity index (χ0v) is 11.1. The van der Waals surface area contributed by atoms with E-state index in [0.717, 1.165) is 11.4 Å². The first-order chi connectivity index (χ1) is 9.22. The van der Waals surface area contributed by atoms with Crippen molar-refractivity contribution in [2.45, 2.75) is 6.92 Å². The van der Waals surface area contributed by atoms with Crippen LogP contribution in [0.3, 0.4) is 0 Å². The first kappa shape index (κ1) is 13.4. The summed E-state index contributed by atoms with van der Waals surface area (Å²) >= 11 is 5.90. The minimum absolute atomic E-state index is 0.318. The van der Waals surface area contributed by atoms with Crippen LogP contribution < -0.4 is 10.1 Å². The van der Waals surface area contributed by atoms with Gasteiger partial charge in [0, 0.05) is 10.7 Å². The topological polar surface area (TPSA) is 50.7 Å². The summed E-state index contributed by atoms with van der Waals surface area (Å²) in [4.78, 5) is 10.7. The van der Waals surface area contributed by atoms with Crippen LogP contribution in [0.2, 0.25) is 5.02 Å². The van der Waals surface area contributed by atoms with Gasteiger partial charge in [-0.1, -0.05) is 11.6 Å². The molecule has 2 aromatic carbocycles. The SMILES string of the molecule is CCOc1ccc(Nc2cc(Cl)ccc2N=O)cc1. The molecule has 0 unspecified atom stereocenters. The monoisotopic (exact) mass is 276 g/mol. The molecule has 0 heterocycles. The molecule has 4 nitrogen and oxygen atoms in total. The quantitative estimate of drug-likeness (QED) is 0.792. The van der Waals surface area contributed by atoms with Crippen LogP contribution in [0, 0.1) is 4.91 Å². The molecule has 0 saturated carbocycles. The zero-order valence-electron chi connectivity index (χ0n) is 10.4. The van der Waals surface area contributed by atoms with Crippen LogP contribution >= 0.6 is 11.6 Å². The minimum Gasteiger partial charge on any atom is -0.494 e. The van der Waals surface area contributed by atoms with Crippen LogP contribution in [-0.2, 0) is 0 Å². The van der Waals surface area contributed by atoms with Gasteiger partial charge < -0.3 is 10.1 Å². The molecule has 0 saturated heterocycles. The molecule has 5 heteroatoms. The molecule has 0 aromatic heterocycles. The number of nitrogens with zero attached hydrogens (tertiary/aromatic N) is 1. The van der Waals surface area contributed by atoms with Gasteiger partial charge in [-0.05, 0) is 54.6 Å². The highest BCUT2D eigenvalue weighted by atomic mass is 35.5. The maximum atomic E-state index is 10.7. The summed E-state index contributed by atoms with van der Waals surface area (Å²) in [5, 5.41) is 6.60. The molecule has 0 radical (unpaired) electrons. The zero-order chi connectivity index (χ0) is 13.7. The standard InChI is InChI=1S/C14H13ClN2O2/c1-2-19-12-6-4-11(5-7-12)16-14-9-10(15)3-8-13(14)17-18/h3-9,16H,2H2,1H3. The molecule has 98 valence electrons. The van der Waals surface area contributed by atoms with Gasteiger partial charge in [-0.15, -0.1) is 4.91 Å². The van der Waals surface area contributed by atoms with Crippen molar-refractivity contribution in [3.8, 4) is 5.75 Å². The second-order valence-electron chi connectivity index (χ2n) is 3.84. The molecule has 2 rings (SSSR count). The number of rotatable bonds is 5. The minimum atomic E-state index is 0.318. The Bertz CT molecular complexity index is 570. The Balaban J connectivity index is 2.20. The normalized spacial score (nSPS) is 10.0. The lowest BCUT2D eigenvalue weighted by molar-refractivity contribution is 0.340. The number of ether oxygens (including phenoxy) is 1. The van der Waals surface area contributed by atoms with Gasteiger partial charge in [0.05, 0.1) is 12.3 Å². The average molecular weight is 277 g/mol. The van der Waals surface area contributed by atoms with Gasteiger partial charge in [0.25, 0.3) is 0 Å². The van der Waals surface area contributed by atoms with E-state index in [4.69, 9.17) is 16.3 Å². The molecule has 1 N–H and O–H groups in total. The van der Waals surface area contributed by atoms with Gasteiger partial charge in [0.1, 0.15) is 11.4 Å². The van der Waals surface area contributed by atoms with Crippen molar-refractivity contribution in [1.82, 2.24) is 0 Å². The lowest BCUT2D eigenvalue weighted by Gasteiger charge is -2.09. The fourth-order valence-electron chi connectivity index (χ4n) is 1.64. The van der Waals surface area contributed by atoms with Gasteiger partial charge in [0.15, 0.2) is 0 Å². The van der Waals surface area contributed by atoms with Crippen LogP contribution in [0.4, 0.5) is 17.1 Å². The molecule has 19 heavy (non-hydrogen) atoms. The van der Waals surface area contributed by atoms with Gasteiger partial charge >= 0.3 is 0 Å². The van der Waals surface area contributed by atoms with Crippen molar-refractivity contribution in [2.75, 3.05) is 11.9 Å². The molecule has 0 fully saturated rings. The number of anilines is 2. The van der Waals surface area contributed by atoms with E-state index in [9.17, 15) is 4.91 Å². The molecule has 0 spiro atoms. The third-order valence-electron chi connectivity index (χ3n) is 2.50. The number of hydrogen-bond donors (Lipinski definition) is 1. The van der Waals surface area contributed by atoms with E-state index in [-0.39, 0.29) is 0 Å². The van der Waals surface area contributed by atoms with E-state index in [1.807, 2.05) is 31.2 Å². The Labute approximate surface area is 116 Å². The highest BCUT2D eigenvalue weighted by Gasteiger charge is 2.04. The van der Waals surface area contributed by atoms with Crippen molar-refractivity contribution < 1.29 is 4.74 Å². The average Bonchev–Trinajstić information content (AvgIpc) is 2.42. The van der Waals surface area contributed by atoms with Gasteiger partial charge in [-0.2, -0.15) is 0 Å². The highest BCUT2D eigenvalue weighted by Crippen LogP contribution is 2.31. The Morgan fingerprint density at radius 3 is 2.58 bits per heavy atom. The molecule has 0 amide bonds. The summed E-state index contributed by atoms with van der Waals surface area (Å²) in [5.74, 6) is 0.799. The highest BCUT2D eigenvalue weighted by molar-refractivity contribution is 6.31. The fourth-order valence-corrected chi connectivity index (χ4v) is 1.82. The van der Waals surface area contributed by atoms with Crippen molar-refractivity contribution in [3.63, 3.8) is 0 Å². The van der Waals surface area contributed by atoms with Crippen LogP contribution in [-0.4, -0.2) is 6.61 Å². The van der Waals surface area contributed by atoms with Gasteiger partial charge in [0.2, 0.25) is 0 Å². The lowest BCUT2D eigenvalue weighted by atomic mass is 10.2. The molecular weight excluding hydrogens is 264 g/mol. The number of halogens is 1. The molecule has 2 aromatic rings. The van der Waals surface area contributed by atoms with Crippen molar-refractivity contribution in [2.24, 2.45) is 5.18 Å². The van der Waals surface area contributed by atoms with E-state index >= 15 is 0 Å². The molecule has 0 aliphatic heterocycles. The smallest absolute Gasteiger partial charge is 0.131 e. The lowest BCUT2D eigenvalue weighted by Crippen LogP contribution is -1.93. The van der Waals surface area contributed by atoms with Crippen molar-refractivity contribution >= 4 is 28.7 Å². The van der Waals surface area contributed by atoms with Crippen molar-refractivity contribution in [3.05, 3.63) is 52.4 Å². The Kier molecular flexibility index (Phi) is 4.36. The molecule has 0 aliphatic carbocycles. The van der Waals surface area contributed by atoms with Crippen LogP contribution in [0.1, 0.15) is 6.92 Å². The largest absolute Gasteiger partial charge is 0.494 e. The third kappa shape index (κ3) is 3.45. The molecular formula is C14H13ClN2O2. The predicted molar refractivity (Wildman–Crippen MR) is 77.8 cm³/mol. The van der Waals surface area contributed by atoms with E-state index in [2.05, 4.69) is 10.5 Å². The van der Waals surface area contributed by atoms with E-state index in [0.29, 0.717) is 23.0 Å². The molecule has 0 aliphatic rings. The van der Waals surface area contributed by atoms with Crippen LogP contribution in [0.25, 0.3) is 0 Å². The second-order valence-corrected chi connectivity index (χ2v) is 4.27. The first-order valence-corrected chi connectivity index (χ1v) is 6.23. The first-order valence-electron chi connectivity index (χ1n) is 5.85.